The summed E-state index contributed by atoms with van der Waals surface area (Å²) < 4.78 is 0. The Balaban J connectivity index is 2.50. The highest BCUT2D eigenvalue weighted by Crippen LogP contribution is 2.10. The number of carboxylic acids is 1. The van der Waals surface area contributed by atoms with Crippen LogP contribution in [0.5, 0.6) is 0 Å². The molecule has 1 rings (SSSR count). The fourth-order valence-corrected chi connectivity index (χ4v) is 2.41. The van der Waals surface area contributed by atoms with Crippen LogP contribution in [0.4, 0.5) is 4.79 Å². The molecule has 0 aromatic carbocycles. The molecule has 1 heterocycles. The Morgan fingerprint density at radius 2 is 1.88 bits per heavy atom. The Morgan fingerprint density at radius 1 is 1.31 bits per heavy atom. The maximum absolute atomic E-state index is 11.8. The van der Waals surface area contributed by atoms with Crippen LogP contribution in [0.25, 0.3) is 0 Å². The molecule has 0 unspecified atom stereocenters. The van der Waals surface area contributed by atoms with Gasteiger partial charge in [0.25, 0.3) is 0 Å². The molecule has 1 saturated heterocycles. The van der Waals surface area contributed by atoms with E-state index in [1.165, 1.54) is 0 Å². The zero-order chi connectivity index (χ0) is 12.1. The van der Waals surface area contributed by atoms with E-state index in [-0.39, 0.29) is 11.9 Å². The van der Waals surface area contributed by atoms with Gasteiger partial charge in [0.15, 0.2) is 0 Å². The van der Waals surface area contributed by atoms with Crippen LogP contribution in [-0.4, -0.2) is 52.6 Å². The molecular weight excluding hydrogens is 228 g/mol. The largest absolute Gasteiger partial charge is 0.480 e. The molecule has 5 nitrogen and oxygen atoms in total. The standard InChI is InChI=1S/C10H18N2O3S/c1-7(2)8(9(13)14)11-10(15)12-3-5-16-6-4-12/h7-8H,3-6H2,1-2H3,(H,11,15)(H,13,14)/t8-/m1/s1. The van der Waals surface area contributed by atoms with Crippen LogP contribution < -0.4 is 5.32 Å². The Morgan fingerprint density at radius 3 is 2.31 bits per heavy atom. The van der Waals surface area contributed by atoms with Crippen LogP contribution in [0.3, 0.4) is 0 Å². The molecule has 0 spiro atoms. The summed E-state index contributed by atoms with van der Waals surface area (Å²) >= 11 is 1.81. The summed E-state index contributed by atoms with van der Waals surface area (Å²) in [6, 6.07) is -1.07. The molecule has 2 amide bonds. The number of hydrogen-bond acceptors (Lipinski definition) is 3. The molecule has 0 saturated carbocycles. The van der Waals surface area contributed by atoms with E-state index < -0.39 is 12.0 Å². The van der Waals surface area contributed by atoms with Gasteiger partial charge in [-0.25, -0.2) is 9.59 Å². The lowest BCUT2D eigenvalue weighted by atomic mass is 10.1. The number of aliphatic carboxylic acids is 1. The van der Waals surface area contributed by atoms with Crippen LogP contribution in [0.15, 0.2) is 0 Å². The second kappa shape index (κ2) is 5.98. The number of carbonyl (C=O) groups excluding carboxylic acids is 1. The minimum atomic E-state index is -0.977. The minimum absolute atomic E-state index is 0.111. The SMILES string of the molecule is CC(C)[C@@H](NC(=O)N1CCSCC1)C(=O)O. The van der Waals surface area contributed by atoms with Gasteiger partial charge in [0.1, 0.15) is 6.04 Å². The third-order valence-corrected chi connectivity index (χ3v) is 3.45. The van der Waals surface area contributed by atoms with Crippen LogP contribution in [-0.2, 0) is 4.79 Å². The van der Waals surface area contributed by atoms with E-state index >= 15 is 0 Å². The molecule has 0 radical (unpaired) electrons. The Bertz CT molecular complexity index is 265. The topological polar surface area (TPSA) is 69.6 Å². The molecular formula is C10H18N2O3S. The van der Waals surface area contributed by atoms with Gasteiger partial charge in [-0.1, -0.05) is 13.8 Å². The summed E-state index contributed by atoms with van der Waals surface area (Å²) in [6.07, 6.45) is 0. The van der Waals surface area contributed by atoms with Crippen molar-refractivity contribution >= 4 is 23.8 Å². The van der Waals surface area contributed by atoms with Gasteiger partial charge < -0.3 is 15.3 Å². The number of amides is 2. The van der Waals surface area contributed by atoms with Gasteiger partial charge in [-0.15, -0.1) is 0 Å². The van der Waals surface area contributed by atoms with Crippen molar-refractivity contribution in [2.75, 3.05) is 24.6 Å². The highest BCUT2D eigenvalue weighted by atomic mass is 32.2. The summed E-state index contributed by atoms with van der Waals surface area (Å²) in [7, 11) is 0. The molecule has 1 atom stereocenters. The van der Waals surface area contributed by atoms with Crippen molar-refractivity contribution < 1.29 is 14.7 Å². The van der Waals surface area contributed by atoms with Gasteiger partial charge in [-0.05, 0) is 5.92 Å². The molecule has 0 aromatic rings. The average molecular weight is 246 g/mol. The normalized spacial score (nSPS) is 18.3. The molecule has 2 N–H and O–H groups in total. The zero-order valence-electron chi connectivity index (χ0n) is 9.60. The number of carboxylic acid groups (broad SMARTS) is 1. The highest BCUT2D eigenvalue weighted by molar-refractivity contribution is 7.99. The van der Waals surface area contributed by atoms with Crippen molar-refractivity contribution in [1.29, 1.82) is 0 Å². The first-order valence-electron chi connectivity index (χ1n) is 5.38. The van der Waals surface area contributed by atoms with E-state index in [1.54, 1.807) is 18.7 Å². The van der Waals surface area contributed by atoms with E-state index in [9.17, 15) is 9.59 Å². The van der Waals surface area contributed by atoms with Crippen molar-refractivity contribution in [3.8, 4) is 0 Å². The third-order valence-electron chi connectivity index (χ3n) is 2.51. The van der Waals surface area contributed by atoms with E-state index in [1.807, 2.05) is 11.8 Å². The van der Waals surface area contributed by atoms with E-state index in [4.69, 9.17) is 5.11 Å². The lowest BCUT2D eigenvalue weighted by Gasteiger charge is -2.28. The summed E-state index contributed by atoms with van der Waals surface area (Å²) in [5, 5.41) is 11.5. The maximum atomic E-state index is 11.8. The second-order valence-electron chi connectivity index (χ2n) is 4.11. The highest BCUT2D eigenvalue weighted by Gasteiger charge is 2.26. The average Bonchev–Trinajstić information content (AvgIpc) is 2.25. The predicted octanol–water partition coefficient (Wildman–Crippen LogP) is 0.854. The monoisotopic (exact) mass is 246 g/mol. The van der Waals surface area contributed by atoms with E-state index in [2.05, 4.69) is 5.32 Å². The zero-order valence-corrected chi connectivity index (χ0v) is 10.4. The number of nitrogens with zero attached hydrogens (tertiary/aromatic N) is 1. The second-order valence-corrected chi connectivity index (χ2v) is 5.33. The lowest BCUT2D eigenvalue weighted by Crippen LogP contribution is -2.52. The summed E-state index contributed by atoms with van der Waals surface area (Å²) in [6.45, 7) is 4.96. The number of rotatable bonds is 3. The van der Waals surface area contributed by atoms with Crippen molar-refractivity contribution in [2.24, 2.45) is 5.92 Å². The fourth-order valence-electron chi connectivity index (χ4n) is 1.50. The summed E-state index contributed by atoms with van der Waals surface area (Å²) in [4.78, 5) is 24.4. The first kappa shape index (κ1) is 13.2. The van der Waals surface area contributed by atoms with Gasteiger partial charge in [0.05, 0.1) is 0 Å². The first-order chi connectivity index (χ1) is 7.52. The number of urea groups is 1. The smallest absolute Gasteiger partial charge is 0.326 e. The van der Waals surface area contributed by atoms with Gasteiger partial charge in [-0.2, -0.15) is 11.8 Å². The predicted molar refractivity (Wildman–Crippen MR) is 63.7 cm³/mol. The molecule has 0 aliphatic carbocycles. The van der Waals surface area contributed by atoms with E-state index in [0.29, 0.717) is 13.1 Å². The van der Waals surface area contributed by atoms with Crippen molar-refractivity contribution in [3.05, 3.63) is 0 Å². The number of carbonyl (C=O) groups is 2. The van der Waals surface area contributed by atoms with Gasteiger partial charge in [-0.3, -0.25) is 0 Å². The molecule has 1 aliphatic rings. The molecule has 0 aromatic heterocycles. The van der Waals surface area contributed by atoms with Crippen molar-refractivity contribution in [3.63, 3.8) is 0 Å². The van der Waals surface area contributed by atoms with Crippen LogP contribution >= 0.6 is 11.8 Å². The quantitative estimate of drug-likeness (QED) is 0.774. The Hall–Kier alpha value is -0.910. The van der Waals surface area contributed by atoms with Crippen molar-refractivity contribution in [1.82, 2.24) is 10.2 Å². The van der Waals surface area contributed by atoms with E-state index in [0.717, 1.165) is 11.5 Å². The molecule has 16 heavy (non-hydrogen) atoms. The molecule has 1 aliphatic heterocycles. The van der Waals surface area contributed by atoms with Crippen molar-refractivity contribution in [2.45, 2.75) is 19.9 Å². The number of thioether (sulfide) groups is 1. The minimum Gasteiger partial charge on any atom is -0.480 e. The molecule has 0 bridgehead atoms. The van der Waals surface area contributed by atoms with Gasteiger partial charge in [0, 0.05) is 24.6 Å². The summed E-state index contributed by atoms with van der Waals surface area (Å²) in [5.74, 6) is 0.759. The molecule has 6 heteroatoms. The molecule has 92 valence electrons. The lowest BCUT2D eigenvalue weighted by molar-refractivity contribution is -0.140. The van der Waals surface area contributed by atoms with Crippen LogP contribution in [0.2, 0.25) is 0 Å². The van der Waals surface area contributed by atoms with Gasteiger partial charge >= 0.3 is 12.0 Å². The molecule has 1 fully saturated rings. The fraction of sp³-hybridized carbons (Fsp3) is 0.800. The number of nitrogens with one attached hydrogen (secondary N) is 1. The first-order valence-corrected chi connectivity index (χ1v) is 6.54. The van der Waals surface area contributed by atoms with Crippen LogP contribution in [0, 0.1) is 5.92 Å². The van der Waals surface area contributed by atoms with Gasteiger partial charge in [0.2, 0.25) is 0 Å². The Labute approximate surface area is 99.6 Å². The number of hydrogen-bond donors (Lipinski definition) is 2. The summed E-state index contributed by atoms with van der Waals surface area (Å²) in [5.41, 5.74) is 0. The van der Waals surface area contributed by atoms with Crippen LogP contribution in [0.1, 0.15) is 13.8 Å². The Kier molecular flexibility index (Phi) is 4.92. The maximum Gasteiger partial charge on any atom is 0.326 e. The third kappa shape index (κ3) is 3.59.